The summed E-state index contributed by atoms with van der Waals surface area (Å²) in [7, 11) is 2.02. The van der Waals surface area contributed by atoms with Crippen LogP contribution in [0.1, 0.15) is 22.8 Å². The van der Waals surface area contributed by atoms with E-state index >= 15 is 0 Å². The Balaban J connectivity index is 1.56. The minimum Gasteiger partial charge on any atom is -0.462 e. The van der Waals surface area contributed by atoms with Gasteiger partial charge in [0.2, 0.25) is 0 Å². The van der Waals surface area contributed by atoms with Gasteiger partial charge in [0.25, 0.3) is 0 Å². The van der Waals surface area contributed by atoms with Gasteiger partial charge >= 0.3 is 0 Å². The maximum absolute atomic E-state index is 13.9. The summed E-state index contributed by atoms with van der Waals surface area (Å²) in [5, 5.41) is 11.1. The first kappa shape index (κ1) is 16.6. The molecular weight excluding hydrogens is 315 g/mol. The van der Waals surface area contributed by atoms with Crippen molar-refractivity contribution in [2.75, 3.05) is 20.1 Å². The van der Waals surface area contributed by atoms with Gasteiger partial charge in [-0.25, -0.2) is 4.39 Å². The molecule has 0 aliphatic carbocycles. The van der Waals surface area contributed by atoms with Crippen molar-refractivity contribution in [3.8, 4) is 0 Å². The topological polar surface area (TPSA) is 39.9 Å². The van der Waals surface area contributed by atoms with Crippen LogP contribution in [0.15, 0.2) is 34.1 Å². The quantitative estimate of drug-likeness (QED) is 0.843. The van der Waals surface area contributed by atoms with E-state index in [0.717, 1.165) is 18.8 Å². The van der Waals surface area contributed by atoms with E-state index < -0.39 is 6.17 Å². The number of rotatable bonds is 7. The van der Waals surface area contributed by atoms with Crippen LogP contribution in [0.2, 0.25) is 0 Å². The van der Waals surface area contributed by atoms with Gasteiger partial charge in [-0.3, -0.25) is 9.80 Å². The molecule has 1 N–H and O–H groups in total. The highest BCUT2D eigenvalue weighted by molar-refractivity contribution is 7.09. The number of thiophene rings is 1. The Morgan fingerprint density at radius 1 is 1.39 bits per heavy atom. The molecule has 3 heterocycles. The molecule has 0 radical (unpaired) electrons. The fourth-order valence-electron chi connectivity index (χ4n) is 3.19. The van der Waals surface area contributed by atoms with E-state index in [0.29, 0.717) is 25.3 Å². The zero-order chi connectivity index (χ0) is 16.2. The molecule has 0 saturated carbocycles. The summed E-state index contributed by atoms with van der Waals surface area (Å²) in [5.41, 5.74) is 0. The number of halogens is 1. The molecule has 23 heavy (non-hydrogen) atoms. The largest absolute Gasteiger partial charge is 0.462 e. The third kappa shape index (κ3) is 4.41. The first-order chi connectivity index (χ1) is 11.1. The van der Waals surface area contributed by atoms with E-state index in [1.54, 1.807) is 17.4 Å². The van der Waals surface area contributed by atoms with Crippen molar-refractivity contribution >= 4 is 11.3 Å². The van der Waals surface area contributed by atoms with Crippen LogP contribution in [0.4, 0.5) is 4.39 Å². The zero-order valence-electron chi connectivity index (χ0n) is 13.3. The molecule has 0 amide bonds. The number of aliphatic hydroxyl groups is 1. The Labute approximate surface area is 140 Å². The molecule has 0 bridgehead atoms. The molecule has 2 aromatic rings. The number of alkyl halides is 1. The number of aliphatic hydroxyl groups excluding tert-OH is 1. The number of hydrogen-bond acceptors (Lipinski definition) is 5. The lowest BCUT2D eigenvalue weighted by atomic mass is 10.2. The van der Waals surface area contributed by atoms with E-state index in [-0.39, 0.29) is 12.6 Å². The summed E-state index contributed by atoms with van der Waals surface area (Å²) in [4.78, 5) is 5.68. The van der Waals surface area contributed by atoms with Crippen molar-refractivity contribution in [3.63, 3.8) is 0 Å². The molecule has 1 saturated heterocycles. The predicted molar refractivity (Wildman–Crippen MR) is 89.0 cm³/mol. The molecule has 1 aliphatic heterocycles. The van der Waals surface area contributed by atoms with Gasteiger partial charge in [0, 0.05) is 30.6 Å². The summed E-state index contributed by atoms with van der Waals surface area (Å²) in [5.74, 6) is 1.41. The summed E-state index contributed by atoms with van der Waals surface area (Å²) in [6.07, 6.45) is -0.145. The number of likely N-dealkylation sites (N-methyl/N-ethyl adjacent to an activating group) is 1. The third-order valence-corrected chi connectivity index (χ3v) is 5.10. The van der Waals surface area contributed by atoms with Crippen molar-refractivity contribution in [3.05, 3.63) is 46.0 Å². The number of furan rings is 1. The Morgan fingerprint density at radius 2 is 2.22 bits per heavy atom. The molecule has 2 atom stereocenters. The molecule has 0 spiro atoms. The smallest absolute Gasteiger partial charge is 0.129 e. The van der Waals surface area contributed by atoms with Crippen LogP contribution in [-0.4, -0.2) is 47.3 Å². The third-order valence-electron chi connectivity index (χ3n) is 4.24. The Hall–Kier alpha value is -1.21. The summed E-state index contributed by atoms with van der Waals surface area (Å²) in [6, 6.07) is 8.05. The molecule has 1 aliphatic rings. The van der Waals surface area contributed by atoms with Crippen molar-refractivity contribution in [2.24, 2.45) is 0 Å². The second kappa shape index (κ2) is 7.57. The second-order valence-electron chi connectivity index (χ2n) is 6.22. The van der Waals surface area contributed by atoms with E-state index in [9.17, 15) is 4.39 Å². The van der Waals surface area contributed by atoms with Crippen molar-refractivity contribution in [1.82, 2.24) is 9.80 Å². The van der Waals surface area contributed by atoms with E-state index in [1.165, 1.54) is 4.88 Å². The molecular formula is C17H23FN2O2S. The van der Waals surface area contributed by atoms with Gasteiger partial charge in [-0.15, -0.1) is 11.3 Å². The zero-order valence-corrected chi connectivity index (χ0v) is 14.1. The van der Waals surface area contributed by atoms with Crippen LogP contribution in [0.5, 0.6) is 0 Å². The van der Waals surface area contributed by atoms with Gasteiger partial charge in [-0.05, 0) is 37.0 Å². The maximum Gasteiger partial charge on any atom is 0.129 e. The predicted octanol–water partition coefficient (Wildman–Crippen LogP) is 2.88. The molecule has 3 rings (SSSR count). The highest BCUT2D eigenvalue weighted by Crippen LogP contribution is 2.25. The minimum atomic E-state index is -0.738. The van der Waals surface area contributed by atoms with Crippen LogP contribution < -0.4 is 0 Å². The van der Waals surface area contributed by atoms with Gasteiger partial charge < -0.3 is 9.52 Å². The van der Waals surface area contributed by atoms with Gasteiger partial charge in [-0.1, -0.05) is 6.07 Å². The molecule has 6 heteroatoms. The summed E-state index contributed by atoms with van der Waals surface area (Å²) < 4.78 is 19.4. The maximum atomic E-state index is 13.9. The van der Waals surface area contributed by atoms with Gasteiger partial charge in [-0.2, -0.15) is 0 Å². The molecule has 1 fully saturated rings. The van der Waals surface area contributed by atoms with Crippen LogP contribution in [0.3, 0.4) is 0 Å². The van der Waals surface area contributed by atoms with Gasteiger partial charge in [0.15, 0.2) is 0 Å². The SMILES string of the molecule is CN(Cc1ccc(CO)o1)C[C@@H]1C[C@H](F)CN1Cc1cccs1. The standard InChI is InChI=1S/C17H23FN2O2S/c1-19(10-15-4-5-16(12-21)22-15)9-14-7-13(18)8-20(14)11-17-3-2-6-23-17/h2-6,13-14,21H,7-12H2,1H3/t13-,14-/m0/s1. The van der Waals surface area contributed by atoms with Crippen molar-refractivity contribution in [1.29, 1.82) is 0 Å². The highest BCUT2D eigenvalue weighted by Gasteiger charge is 2.32. The number of nitrogens with zero attached hydrogens (tertiary/aromatic N) is 2. The molecule has 0 aromatic carbocycles. The lowest BCUT2D eigenvalue weighted by Gasteiger charge is -2.27. The molecule has 126 valence electrons. The first-order valence-electron chi connectivity index (χ1n) is 7.91. The fourth-order valence-corrected chi connectivity index (χ4v) is 3.92. The van der Waals surface area contributed by atoms with Gasteiger partial charge in [0.1, 0.15) is 24.3 Å². The first-order valence-corrected chi connectivity index (χ1v) is 8.79. The van der Waals surface area contributed by atoms with Crippen molar-refractivity contribution in [2.45, 2.75) is 38.3 Å². The van der Waals surface area contributed by atoms with E-state index in [4.69, 9.17) is 9.52 Å². The molecule has 0 unspecified atom stereocenters. The van der Waals surface area contributed by atoms with Crippen LogP contribution in [0, 0.1) is 0 Å². The molecule has 2 aromatic heterocycles. The Kier molecular flexibility index (Phi) is 5.48. The number of likely N-dealkylation sites (tertiary alicyclic amines) is 1. The lowest BCUT2D eigenvalue weighted by Crippen LogP contribution is -2.38. The highest BCUT2D eigenvalue weighted by atomic mass is 32.1. The second-order valence-corrected chi connectivity index (χ2v) is 7.25. The molecule has 4 nitrogen and oxygen atoms in total. The average Bonchev–Trinajstić information content (AvgIpc) is 3.22. The van der Waals surface area contributed by atoms with Gasteiger partial charge in [0.05, 0.1) is 6.54 Å². The monoisotopic (exact) mass is 338 g/mol. The van der Waals surface area contributed by atoms with Crippen LogP contribution in [0.25, 0.3) is 0 Å². The lowest BCUT2D eigenvalue weighted by molar-refractivity contribution is 0.173. The minimum absolute atomic E-state index is 0.0789. The van der Waals surface area contributed by atoms with E-state index in [1.807, 2.05) is 19.2 Å². The van der Waals surface area contributed by atoms with Crippen LogP contribution >= 0.6 is 11.3 Å². The fraction of sp³-hybridized carbons (Fsp3) is 0.529. The summed E-state index contributed by atoms with van der Waals surface area (Å²) >= 11 is 1.72. The Morgan fingerprint density at radius 3 is 2.91 bits per heavy atom. The van der Waals surface area contributed by atoms with Crippen LogP contribution in [-0.2, 0) is 19.7 Å². The normalized spacial score (nSPS) is 22.3. The number of hydrogen-bond donors (Lipinski definition) is 1. The van der Waals surface area contributed by atoms with Crippen molar-refractivity contribution < 1.29 is 13.9 Å². The average molecular weight is 338 g/mol. The Bertz CT molecular complexity index is 602. The summed E-state index contributed by atoms with van der Waals surface area (Å²) in [6.45, 7) is 2.74. The van der Waals surface area contributed by atoms with E-state index in [2.05, 4.69) is 21.2 Å².